The van der Waals surface area contributed by atoms with Gasteiger partial charge in [-0.25, -0.2) is 0 Å². The molecule has 6 nitrogen and oxygen atoms in total. The lowest BCUT2D eigenvalue weighted by Gasteiger charge is -2.17. The lowest BCUT2D eigenvalue weighted by atomic mass is 9.96. The Morgan fingerprint density at radius 3 is 2.86 bits per heavy atom. The highest BCUT2D eigenvalue weighted by molar-refractivity contribution is 5.94. The fourth-order valence-corrected chi connectivity index (χ4v) is 2.20. The molecule has 0 aliphatic carbocycles. The Kier molecular flexibility index (Phi) is 3.60. The first-order chi connectivity index (χ1) is 10.4. The summed E-state index contributed by atoms with van der Waals surface area (Å²) in [6.07, 6.45) is 1.30. The molecule has 0 spiro atoms. The van der Waals surface area contributed by atoms with Crippen LogP contribution in [0.15, 0.2) is 22.7 Å². The number of amides is 1. The highest BCUT2D eigenvalue weighted by Crippen LogP contribution is 2.27. The molecule has 0 bridgehead atoms. The number of nitrogens with zero attached hydrogens (tertiary/aromatic N) is 2. The lowest BCUT2D eigenvalue weighted by Crippen LogP contribution is -2.18. The minimum Gasteiger partial charge on any atom is -0.484 e. The number of hydrogen-bond donors (Lipinski definition) is 1. The summed E-state index contributed by atoms with van der Waals surface area (Å²) in [7, 11) is 0. The van der Waals surface area contributed by atoms with E-state index in [9.17, 15) is 4.79 Å². The van der Waals surface area contributed by atoms with Gasteiger partial charge in [-0.05, 0) is 18.1 Å². The van der Waals surface area contributed by atoms with Crippen molar-refractivity contribution in [2.24, 2.45) is 0 Å². The maximum absolute atomic E-state index is 11.4. The number of benzene rings is 1. The molecule has 0 unspecified atom stereocenters. The number of ether oxygens (including phenoxy) is 1. The second kappa shape index (κ2) is 5.44. The molecule has 0 saturated carbocycles. The number of fused-ring (bicyclic) bond motifs is 1. The highest BCUT2D eigenvalue weighted by Gasteiger charge is 2.21. The molecule has 1 aliphatic rings. The lowest BCUT2D eigenvalue weighted by molar-refractivity contribution is -0.116. The standard InChI is InChI=1S/C16H19N3O3/c1-16(2,3)15-18-14(22-19-15)9-21-11-6-4-10-5-7-13(20)17-12(10)8-11/h4,6,8H,5,7,9H2,1-3H3,(H,17,20). The molecule has 2 aromatic rings. The van der Waals surface area contributed by atoms with Crippen LogP contribution in [-0.2, 0) is 23.2 Å². The van der Waals surface area contributed by atoms with Gasteiger partial charge in [-0.3, -0.25) is 4.79 Å². The molecular weight excluding hydrogens is 282 g/mol. The second-order valence-electron chi connectivity index (χ2n) is 6.42. The van der Waals surface area contributed by atoms with E-state index in [0.717, 1.165) is 17.7 Å². The molecular formula is C16H19N3O3. The van der Waals surface area contributed by atoms with Crippen molar-refractivity contribution in [1.29, 1.82) is 0 Å². The van der Waals surface area contributed by atoms with Gasteiger partial charge >= 0.3 is 0 Å². The Bertz CT molecular complexity index is 701. The minimum atomic E-state index is -0.155. The fraction of sp³-hybridized carbons (Fsp3) is 0.438. The molecule has 0 atom stereocenters. The number of nitrogens with one attached hydrogen (secondary N) is 1. The summed E-state index contributed by atoms with van der Waals surface area (Å²) in [5.74, 6) is 1.79. The van der Waals surface area contributed by atoms with Gasteiger partial charge < -0.3 is 14.6 Å². The van der Waals surface area contributed by atoms with Crippen molar-refractivity contribution in [3.8, 4) is 5.75 Å². The van der Waals surface area contributed by atoms with Gasteiger partial charge in [0.2, 0.25) is 5.91 Å². The van der Waals surface area contributed by atoms with Crippen molar-refractivity contribution in [3.63, 3.8) is 0 Å². The van der Waals surface area contributed by atoms with Crippen LogP contribution in [0.4, 0.5) is 5.69 Å². The average molecular weight is 301 g/mol. The molecule has 22 heavy (non-hydrogen) atoms. The van der Waals surface area contributed by atoms with E-state index in [1.54, 1.807) is 0 Å². The summed E-state index contributed by atoms with van der Waals surface area (Å²) in [4.78, 5) is 15.8. The van der Waals surface area contributed by atoms with E-state index in [1.165, 1.54) is 0 Å². The van der Waals surface area contributed by atoms with Crippen molar-refractivity contribution in [3.05, 3.63) is 35.5 Å². The molecule has 1 aromatic carbocycles. The quantitative estimate of drug-likeness (QED) is 0.943. The molecule has 0 fully saturated rings. The maximum Gasteiger partial charge on any atom is 0.264 e. The molecule has 0 saturated heterocycles. The molecule has 0 radical (unpaired) electrons. The van der Waals surface area contributed by atoms with Crippen LogP contribution in [0, 0.1) is 0 Å². The van der Waals surface area contributed by atoms with E-state index in [0.29, 0.717) is 23.9 Å². The van der Waals surface area contributed by atoms with Crippen molar-refractivity contribution in [2.75, 3.05) is 5.32 Å². The third-order valence-electron chi connectivity index (χ3n) is 3.48. The summed E-state index contributed by atoms with van der Waals surface area (Å²) >= 11 is 0. The van der Waals surface area contributed by atoms with Gasteiger partial charge in [0, 0.05) is 23.6 Å². The van der Waals surface area contributed by atoms with Gasteiger partial charge in [0.15, 0.2) is 12.4 Å². The average Bonchev–Trinajstić information content (AvgIpc) is 2.93. The van der Waals surface area contributed by atoms with E-state index in [4.69, 9.17) is 9.26 Å². The predicted molar refractivity (Wildman–Crippen MR) is 80.7 cm³/mol. The number of rotatable bonds is 3. The van der Waals surface area contributed by atoms with Gasteiger partial charge in [-0.2, -0.15) is 4.98 Å². The predicted octanol–water partition coefficient (Wildman–Crippen LogP) is 2.83. The maximum atomic E-state index is 11.4. The van der Waals surface area contributed by atoms with Crippen LogP contribution >= 0.6 is 0 Å². The minimum absolute atomic E-state index is 0.0383. The molecule has 1 amide bonds. The smallest absolute Gasteiger partial charge is 0.264 e. The number of hydrogen-bond acceptors (Lipinski definition) is 5. The monoisotopic (exact) mass is 301 g/mol. The first kappa shape index (κ1) is 14.6. The highest BCUT2D eigenvalue weighted by atomic mass is 16.5. The summed E-state index contributed by atoms with van der Waals surface area (Å²) in [6.45, 7) is 6.27. The Morgan fingerprint density at radius 2 is 2.14 bits per heavy atom. The van der Waals surface area contributed by atoms with Crippen molar-refractivity contribution >= 4 is 11.6 Å². The number of carbonyl (C=O) groups excluding carboxylic acids is 1. The van der Waals surface area contributed by atoms with E-state index in [1.807, 2.05) is 39.0 Å². The zero-order valence-electron chi connectivity index (χ0n) is 13.0. The zero-order valence-corrected chi connectivity index (χ0v) is 13.0. The number of carbonyl (C=O) groups is 1. The largest absolute Gasteiger partial charge is 0.484 e. The van der Waals surface area contributed by atoms with Gasteiger partial charge in [-0.15, -0.1) is 0 Å². The Labute approximate surface area is 128 Å². The van der Waals surface area contributed by atoms with E-state index in [2.05, 4.69) is 15.5 Å². The number of anilines is 1. The van der Waals surface area contributed by atoms with Crippen LogP contribution in [0.1, 0.15) is 44.5 Å². The van der Waals surface area contributed by atoms with Crippen molar-refractivity contribution in [2.45, 2.75) is 45.6 Å². The first-order valence-corrected chi connectivity index (χ1v) is 7.30. The molecule has 2 heterocycles. The molecule has 3 rings (SSSR count). The Morgan fingerprint density at radius 1 is 1.32 bits per heavy atom. The topological polar surface area (TPSA) is 77.3 Å². The normalized spacial score (nSPS) is 14.4. The van der Waals surface area contributed by atoms with Crippen LogP contribution in [0.5, 0.6) is 5.75 Å². The second-order valence-corrected chi connectivity index (χ2v) is 6.42. The number of aromatic nitrogens is 2. The van der Waals surface area contributed by atoms with Crippen LogP contribution < -0.4 is 10.1 Å². The zero-order chi connectivity index (χ0) is 15.7. The van der Waals surface area contributed by atoms with E-state index >= 15 is 0 Å². The van der Waals surface area contributed by atoms with Gasteiger partial charge in [0.05, 0.1) is 0 Å². The summed E-state index contributed by atoms with van der Waals surface area (Å²) in [5.41, 5.74) is 1.78. The van der Waals surface area contributed by atoms with Gasteiger partial charge in [-0.1, -0.05) is 32.0 Å². The molecule has 116 valence electrons. The molecule has 1 aromatic heterocycles. The van der Waals surface area contributed by atoms with Crippen LogP contribution in [0.25, 0.3) is 0 Å². The van der Waals surface area contributed by atoms with Crippen LogP contribution in [-0.4, -0.2) is 16.0 Å². The Balaban J connectivity index is 1.68. The number of aryl methyl sites for hydroxylation is 1. The third kappa shape index (κ3) is 3.10. The van der Waals surface area contributed by atoms with Crippen molar-refractivity contribution in [1.82, 2.24) is 10.1 Å². The summed E-state index contributed by atoms with van der Waals surface area (Å²) < 4.78 is 10.9. The van der Waals surface area contributed by atoms with Gasteiger partial charge in [0.1, 0.15) is 5.75 Å². The van der Waals surface area contributed by atoms with Crippen LogP contribution in [0.2, 0.25) is 0 Å². The third-order valence-corrected chi connectivity index (χ3v) is 3.48. The molecule has 1 N–H and O–H groups in total. The van der Waals surface area contributed by atoms with E-state index in [-0.39, 0.29) is 17.9 Å². The Hall–Kier alpha value is -2.37. The first-order valence-electron chi connectivity index (χ1n) is 7.30. The summed E-state index contributed by atoms with van der Waals surface area (Å²) in [6, 6.07) is 5.68. The summed E-state index contributed by atoms with van der Waals surface area (Å²) in [5, 5.41) is 6.81. The SMILES string of the molecule is CC(C)(C)c1noc(COc2ccc3c(c2)NC(=O)CC3)n1. The van der Waals surface area contributed by atoms with Crippen LogP contribution in [0.3, 0.4) is 0 Å². The molecule has 6 heteroatoms. The van der Waals surface area contributed by atoms with Crippen molar-refractivity contribution < 1.29 is 14.1 Å². The van der Waals surface area contributed by atoms with E-state index < -0.39 is 0 Å². The fourth-order valence-electron chi connectivity index (χ4n) is 2.20. The van der Waals surface area contributed by atoms with Gasteiger partial charge in [0.25, 0.3) is 5.89 Å². The molecule has 1 aliphatic heterocycles.